The molecule has 2 heterocycles. The summed E-state index contributed by atoms with van der Waals surface area (Å²) in [5.41, 5.74) is 4.40. The number of carbonyl (C=O) groups is 2. The Kier molecular flexibility index (Phi) is 6.40. The first-order chi connectivity index (χ1) is 17.7. The second-order valence-electron chi connectivity index (χ2n) is 10.2. The summed E-state index contributed by atoms with van der Waals surface area (Å²) >= 11 is 0. The minimum Gasteiger partial charge on any atom is -0.490 e. The van der Waals surface area contributed by atoms with Crippen LogP contribution in [0.25, 0.3) is 22.2 Å². The van der Waals surface area contributed by atoms with E-state index in [9.17, 15) is 9.59 Å². The number of nitrogens with zero attached hydrogens (tertiary/aromatic N) is 1. The first-order valence-electron chi connectivity index (χ1n) is 13.2. The average molecular weight is 488 g/mol. The van der Waals surface area contributed by atoms with Gasteiger partial charge in [0.2, 0.25) is 0 Å². The summed E-state index contributed by atoms with van der Waals surface area (Å²) in [6.07, 6.45) is 9.59. The first-order valence-corrected chi connectivity index (χ1v) is 13.2. The van der Waals surface area contributed by atoms with E-state index in [0.717, 1.165) is 91.6 Å². The highest BCUT2D eigenvalue weighted by molar-refractivity contribution is 6.05. The van der Waals surface area contributed by atoms with Gasteiger partial charge in [-0.1, -0.05) is 12.1 Å². The molecule has 188 valence electrons. The maximum Gasteiger partial charge on any atom is 0.319 e. The number of aromatic nitrogens is 1. The summed E-state index contributed by atoms with van der Waals surface area (Å²) < 4.78 is 14.1. The normalized spacial score (nSPS) is 18.9. The molecule has 3 fully saturated rings. The van der Waals surface area contributed by atoms with Gasteiger partial charge in [0, 0.05) is 47.6 Å². The van der Waals surface area contributed by atoms with Crippen LogP contribution in [0.1, 0.15) is 67.8 Å². The molecular weight excluding hydrogens is 454 g/mol. The molecule has 0 unspecified atom stereocenters. The number of amides is 2. The van der Waals surface area contributed by atoms with Crippen molar-refractivity contribution in [3.63, 3.8) is 0 Å². The second-order valence-corrected chi connectivity index (χ2v) is 10.2. The van der Waals surface area contributed by atoms with Gasteiger partial charge in [0.15, 0.2) is 6.29 Å². The first kappa shape index (κ1) is 23.1. The highest BCUT2D eigenvalue weighted by atomic mass is 16.5. The van der Waals surface area contributed by atoms with Crippen LogP contribution in [0.15, 0.2) is 42.5 Å². The van der Waals surface area contributed by atoms with Gasteiger partial charge in [-0.3, -0.25) is 4.79 Å². The van der Waals surface area contributed by atoms with Crippen molar-refractivity contribution in [3.05, 3.63) is 48.0 Å². The number of aldehydes is 1. The van der Waals surface area contributed by atoms with Crippen molar-refractivity contribution in [1.82, 2.24) is 9.88 Å². The van der Waals surface area contributed by atoms with E-state index < -0.39 is 0 Å². The van der Waals surface area contributed by atoms with Crippen LogP contribution in [-0.4, -0.2) is 42.2 Å². The van der Waals surface area contributed by atoms with E-state index in [1.807, 2.05) is 36.4 Å². The molecule has 3 aliphatic rings. The number of carbonyl (C=O) groups excluding carboxylic acids is 2. The van der Waals surface area contributed by atoms with Gasteiger partial charge < -0.3 is 24.7 Å². The Morgan fingerprint density at radius 3 is 2.36 bits per heavy atom. The summed E-state index contributed by atoms with van der Waals surface area (Å²) in [6.45, 7) is 1.47. The van der Waals surface area contributed by atoms with Crippen LogP contribution in [0.3, 0.4) is 0 Å². The van der Waals surface area contributed by atoms with Gasteiger partial charge in [0.05, 0.1) is 24.4 Å². The number of benzene rings is 2. The molecule has 1 saturated heterocycles. The zero-order valence-electron chi connectivity index (χ0n) is 20.5. The number of urea groups is 1. The molecule has 0 bridgehead atoms. The minimum absolute atomic E-state index is 0.162. The van der Waals surface area contributed by atoms with Crippen molar-refractivity contribution >= 4 is 28.9 Å². The lowest BCUT2D eigenvalue weighted by Gasteiger charge is -2.30. The van der Waals surface area contributed by atoms with E-state index in [-0.39, 0.29) is 18.2 Å². The quantitative estimate of drug-likeness (QED) is 0.396. The molecule has 0 spiro atoms. The Labute approximate surface area is 211 Å². The van der Waals surface area contributed by atoms with Crippen LogP contribution in [0.2, 0.25) is 0 Å². The standard InChI is InChI=1S/C29H33N3O4/c33-18-26-25-12-11-24(36-23-13-15-35-16-14-23)17-27(25)32(22-5-2-6-22)28(26)19-7-9-21(10-8-19)31-29(34)30-20-3-1-4-20/h7-12,17-18,20,22-23H,1-6,13-16H2,(H2,30,31,34). The Morgan fingerprint density at radius 2 is 1.72 bits per heavy atom. The number of rotatable bonds is 7. The second kappa shape index (κ2) is 9.97. The summed E-state index contributed by atoms with van der Waals surface area (Å²) in [5.74, 6) is 0.841. The third-order valence-electron chi connectivity index (χ3n) is 7.90. The van der Waals surface area contributed by atoms with E-state index in [1.165, 1.54) is 12.8 Å². The molecule has 3 aromatic rings. The van der Waals surface area contributed by atoms with Crippen LogP contribution < -0.4 is 15.4 Å². The number of hydrogen-bond acceptors (Lipinski definition) is 4. The SMILES string of the molecule is O=Cc1c(-c2ccc(NC(=O)NC3CCC3)cc2)n(C2CCC2)c2cc(OC3CCOCC3)ccc12. The van der Waals surface area contributed by atoms with Crippen molar-refractivity contribution in [3.8, 4) is 17.0 Å². The topological polar surface area (TPSA) is 81.6 Å². The van der Waals surface area contributed by atoms with Gasteiger partial charge in [-0.05, 0) is 68.4 Å². The van der Waals surface area contributed by atoms with Crippen LogP contribution in [0.5, 0.6) is 5.75 Å². The van der Waals surface area contributed by atoms with Crippen molar-refractivity contribution in [2.75, 3.05) is 18.5 Å². The van der Waals surface area contributed by atoms with Crippen molar-refractivity contribution in [1.29, 1.82) is 0 Å². The van der Waals surface area contributed by atoms with E-state index >= 15 is 0 Å². The average Bonchev–Trinajstić information content (AvgIpc) is 3.15. The molecule has 2 aromatic carbocycles. The Balaban J connectivity index is 1.32. The molecule has 1 aliphatic heterocycles. The van der Waals surface area contributed by atoms with Crippen LogP contribution in [-0.2, 0) is 4.74 Å². The lowest BCUT2D eigenvalue weighted by atomic mass is 9.92. The molecule has 7 heteroatoms. The van der Waals surface area contributed by atoms with E-state index in [4.69, 9.17) is 9.47 Å². The van der Waals surface area contributed by atoms with Gasteiger partial charge in [-0.15, -0.1) is 0 Å². The zero-order valence-corrected chi connectivity index (χ0v) is 20.5. The Bertz CT molecular complexity index is 1250. The number of fused-ring (bicyclic) bond motifs is 1. The maximum absolute atomic E-state index is 12.4. The largest absolute Gasteiger partial charge is 0.490 e. The summed E-state index contributed by atoms with van der Waals surface area (Å²) in [4.78, 5) is 24.6. The van der Waals surface area contributed by atoms with Crippen LogP contribution in [0, 0.1) is 0 Å². The van der Waals surface area contributed by atoms with Gasteiger partial charge >= 0.3 is 6.03 Å². The fraction of sp³-hybridized carbons (Fsp3) is 0.448. The molecule has 2 amide bonds. The van der Waals surface area contributed by atoms with E-state index in [2.05, 4.69) is 21.3 Å². The monoisotopic (exact) mass is 487 g/mol. The molecule has 2 N–H and O–H groups in total. The molecule has 1 aromatic heterocycles. The molecule has 0 radical (unpaired) electrons. The van der Waals surface area contributed by atoms with Gasteiger partial charge in [-0.25, -0.2) is 4.79 Å². The summed E-state index contributed by atoms with van der Waals surface area (Å²) in [7, 11) is 0. The Morgan fingerprint density at radius 1 is 0.972 bits per heavy atom. The predicted molar refractivity (Wildman–Crippen MR) is 140 cm³/mol. The van der Waals surface area contributed by atoms with Crippen LogP contribution in [0.4, 0.5) is 10.5 Å². The van der Waals surface area contributed by atoms with Gasteiger partial charge in [0.1, 0.15) is 11.9 Å². The number of hydrogen-bond donors (Lipinski definition) is 2. The molecule has 2 aliphatic carbocycles. The van der Waals surface area contributed by atoms with Crippen molar-refractivity contribution in [2.45, 2.75) is 69.6 Å². The summed E-state index contributed by atoms with van der Waals surface area (Å²) in [5, 5.41) is 6.88. The van der Waals surface area contributed by atoms with Gasteiger partial charge in [-0.2, -0.15) is 0 Å². The predicted octanol–water partition coefficient (Wildman–Crippen LogP) is 6.08. The number of anilines is 1. The summed E-state index contributed by atoms with van der Waals surface area (Å²) in [6, 6.07) is 14.4. The Hall–Kier alpha value is -3.32. The lowest BCUT2D eigenvalue weighted by molar-refractivity contribution is 0.0256. The third kappa shape index (κ3) is 4.48. The third-order valence-corrected chi connectivity index (χ3v) is 7.90. The highest BCUT2D eigenvalue weighted by Gasteiger charge is 2.28. The van der Waals surface area contributed by atoms with E-state index in [1.54, 1.807) is 0 Å². The smallest absolute Gasteiger partial charge is 0.319 e. The lowest BCUT2D eigenvalue weighted by Crippen LogP contribution is -2.41. The van der Waals surface area contributed by atoms with Gasteiger partial charge in [0.25, 0.3) is 0 Å². The molecule has 2 saturated carbocycles. The molecule has 0 atom stereocenters. The molecule has 7 nitrogen and oxygen atoms in total. The number of nitrogens with one attached hydrogen (secondary N) is 2. The van der Waals surface area contributed by atoms with Crippen molar-refractivity contribution in [2.24, 2.45) is 0 Å². The minimum atomic E-state index is -0.165. The van der Waals surface area contributed by atoms with E-state index in [0.29, 0.717) is 11.6 Å². The highest BCUT2D eigenvalue weighted by Crippen LogP contribution is 2.43. The molecular formula is C29H33N3O4. The molecule has 6 rings (SSSR count). The van der Waals surface area contributed by atoms with Crippen LogP contribution >= 0.6 is 0 Å². The fourth-order valence-electron chi connectivity index (χ4n) is 5.43. The fourth-order valence-corrected chi connectivity index (χ4v) is 5.43. The van der Waals surface area contributed by atoms with Crippen molar-refractivity contribution < 1.29 is 19.1 Å². The maximum atomic E-state index is 12.4. The zero-order chi connectivity index (χ0) is 24.5. The number of ether oxygens (including phenoxy) is 2. The molecule has 36 heavy (non-hydrogen) atoms.